The Hall–Kier alpha value is -4.26. The first-order valence-electron chi connectivity index (χ1n) is 25.8. The lowest BCUT2D eigenvalue weighted by Crippen LogP contribution is -2.49. The van der Waals surface area contributed by atoms with Crippen LogP contribution in [0, 0.1) is 5.92 Å². The van der Waals surface area contributed by atoms with Crippen LogP contribution in [-0.4, -0.2) is 82.7 Å². The molecule has 376 valence electrons. The van der Waals surface area contributed by atoms with Crippen LogP contribution in [0.5, 0.6) is 11.5 Å². The highest BCUT2D eigenvalue weighted by atomic mass is 32.1. The molecule has 2 aromatic heterocycles. The molecule has 4 atom stereocenters. The summed E-state index contributed by atoms with van der Waals surface area (Å²) >= 11 is 3.25. The van der Waals surface area contributed by atoms with Crippen LogP contribution < -0.4 is 25.4 Å². The van der Waals surface area contributed by atoms with Gasteiger partial charge in [-0.2, -0.15) is 0 Å². The molecule has 2 aliphatic rings. The lowest BCUT2D eigenvalue weighted by atomic mass is 10.0. The second-order valence-electron chi connectivity index (χ2n) is 22.2. The van der Waals surface area contributed by atoms with Gasteiger partial charge >= 0.3 is 0 Å². The first kappa shape index (κ1) is 54.1. The van der Waals surface area contributed by atoms with Crippen molar-refractivity contribution in [3.8, 4) is 32.4 Å². The van der Waals surface area contributed by atoms with Crippen molar-refractivity contribution in [1.82, 2.24) is 25.8 Å². The minimum Gasteiger partial charge on any atom is -0.493 e. The second kappa shape index (κ2) is 23.3. The molecule has 0 spiro atoms. The number of thiophene rings is 2. The number of rotatable bonds is 24. The molecular weight excluding hydrogens is 895 g/mol. The zero-order chi connectivity index (χ0) is 50.3. The third-order valence-corrected chi connectivity index (χ3v) is 15.1. The number of ether oxygens (including phenoxy) is 2. The van der Waals surface area contributed by atoms with E-state index in [1.165, 1.54) is 19.3 Å². The average Bonchev–Trinajstić information content (AvgIpc) is 4.09. The zero-order valence-corrected chi connectivity index (χ0v) is 46.0. The molecular formula is C58H83N5O4S2. The molecule has 9 nitrogen and oxygen atoms in total. The maximum atomic E-state index is 15.5. The number of amides is 2. The van der Waals surface area contributed by atoms with Crippen LogP contribution >= 0.6 is 22.7 Å². The number of hydrogen-bond donors (Lipinski definition) is 3. The minimum atomic E-state index is -0.171. The SMILES string of the molecule is CCCCC(CC)COc1ccc(-c2ccc(C3=C4C(=O)N(CC(CC)NC(C)(C)C)C(c5ccc(-c6ccc(OCC(CC)NC(C)(C)C)cc6)s5)=C4C(=O)N3CC(CC)NC(C)(C)C)s2)cc1. The third-order valence-electron chi connectivity index (χ3n) is 12.8. The van der Waals surface area contributed by atoms with E-state index < -0.39 is 0 Å². The van der Waals surface area contributed by atoms with Crippen molar-refractivity contribution in [3.05, 3.63) is 93.7 Å². The van der Waals surface area contributed by atoms with Gasteiger partial charge in [-0.1, -0.05) is 53.9 Å². The highest BCUT2D eigenvalue weighted by molar-refractivity contribution is 7.17. The average molecular weight is 978 g/mol. The third kappa shape index (κ3) is 14.2. The predicted octanol–water partition coefficient (Wildman–Crippen LogP) is 13.4. The first-order chi connectivity index (χ1) is 32.6. The van der Waals surface area contributed by atoms with Crippen LogP contribution in [0.1, 0.15) is 152 Å². The van der Waals surface area contributed by atoms with Gasteiger partial charge in [0, 0.05) is 57.6 Å². The van der Waals surface area contributed by atoms with Crippen molar-refractivity contribution < 1.29 is 19.1 Å². The number of fused-ring (bicyclic) bond motifs is 1. The largest absolute Gasteiger partial charge is 0.493 e. The first-order valence-corrected chi connectivity index (χ1v) is 27.4. The zero-order valence-electron chi connectivity index (χ0n) is 44.4. The Bertz CT molecular complexity index is 2390. The molecule has 6 rings (SSSR count). The highest BCUT2D eigenvalue weighted by Crippen LogP contribution is 2.50. The lowest BCUT2D eigenvalue weighted by molar-refractivity contribution is -0.124. The Morgan fingerprint density at radius 2 is 0.870 bits per heavy atom. The molecule has 69 heavy (non-hydrogen) atoms. The molecule has 0 aliphatic carbocycles. The maximum absolute atomic E-state index is 15.5. The number of hydrogen-bond acceptors (Lipinski definition) is 9. The summed E-state index contributed by atoms with van der Waals surface area (Å²) in [7, 11) is 0. The fourth-order valence-electron chi connectivity index (χ4n) is 9.33. The molecule has 2 amide bonds. The van der Waals surface area contributed by atoms with E-state index in [0.29, 0.717) is 48.2 Å². The van der Waals surface area contributed by atoms with Gasteiger partial charge in [-0.25, -0.2) is 0 Å². The molecule has 2 aliphatic heterocycles. The van der Waals surface area contributed by atoms with Crippen molar-refractivity contribution in [2.24, 2.45) is 5.92 Å². The molecule has 0 saturated carbocycles. The Balaban J connectivity index is 1.40. The van der Waals surface area contributed by atoms with E-state index in [1.807, 2.05) is 21.9 Å². The van der Waals surface area contributed by atoms with Gasteiger partial charge in [0.15, 0.2) is 0 Å². The topological polar surface area (TPSA) is 95.2 Å². The molecule has 0 radical (unpaired) electrons. The lowest BCUT2D eigenvalue weighted by Gasteiger charge is -2.33. The van der Waals surface area contributed by atoms with Crippen molar-refractivity contribution in [1.29, 1.82) is 0 Å². The number of carbonyl (C=O) groups is 2. The van der Waals surface area contributed by atoms with E-state index >= 15 is 9.59 Å². The van der Waals surface area contributed by atoms with Gasteiger partial charge in [0.05, 0.1) is 38.9 Å². The van der Waals surface area contributed by atoms with E-state index in [2.05, 4.69) is 174 Å². The van der Waals surface area contributed by atoms with Gasteiger partial charge in [-0.3, -0.25) is 9.59 Å². The minimum absolute atomic E-state index is 0.00135. The fraction of sp³-hybridized carbons (Fsp3) is 0.552. The monoisotopic (exact) mass is 978 g/mol. The number of nitrogens with one attached hydrogen (secondary N) is 3. The Kier molecular flexibility index (Phi) is 18.3. The molecule has 3 N–H and O–H groups in total. The Labute approximate surface area is 423 Å². The summed E-state index contributed by atoms with van der Waals surface area (Å²) in [6, 6.07) is 25.3. The molecule has 0 bridgehead atoms. The molecule has 0 fully saturated rings. The van der Waals surface area contributed by atoms with Gasteiger partial charge in [0.1, 0.15) is 18.1 Å². The normalized spacial score (nSPS) is 16.4. The predicted molar refractivity (Wildman–Crippen MR) is 292 cm³/mol. The Morgan fingerprint density at radius 1 is 0.493 bits per heavy atom. The van der Waals surface area contributed by atoms with Gasteiger partial charge in [0.2, 0.25) is 0 Å². The maximum Gasteiger partial charge on any atom is 0.261 e. The summed E-state index contributed by atoms with van der Waals surface area (Å²) < 4.78 is 12.5. The highest BCUT2D eigenvalue weighted by Gasteiger charge is 2.50. The number of unbranched alkanes of at least 4 members (excludes halogenated alkanes) is 1. The number of nitrogens with zero attached hydrogens (tertiary/aromatic N) is 2. The van der Waals surface area contributed by atoms with Crippen LogP contribution in [-0.2, 0) is 9.59 Å². The van der Waals surface area contributed by atoms with Crippen LogP contribution in [0.15, 0.2) is 83.9 Å². The van der Waals surface area contributed by atoms with Crippen molar-refractivity contribution >= 4 is 45.9 Å². The van der Waals surface area contributed by atoms with E-state index in [1.54, 1.807) is 22.7 Å². The summed E-state index contributed by atoms with van der Waals surface area (Å²) in [5, 5.41) is 11.2. The van der Waals surface area contributed by atoms with Crippen LogP contribution in [0.4, 0.5) is 0 Å². The molecule has 2 aromatic carbocycles. The summed E-state index contributed by atoms with van der Waals surface area (Å²) in [5.74, 6) is 2.00. The summed E-state index contributed by atoms with van der Waals surface area (Å²) in [4.78, 5) is 38.6. The standard InChI is InChI=1S/C58H83N5O4S2/c1-15-20-21-38(16-2)36-66-44-26-22-39(23-27-44)46-30-32-48(68-46)52-50-51(55(65)62(52)34-41(17-3)59-56(6,7)8)53(63(54(50)64)35-42(18-4)60-57(9,10)11)49-33-31-47(69-49)40-24-28-45(29-25-40)67-37-43(19-5)61-58(12,13)14/h22-33,38,41-43,59-61H,15-21,34-37H2,1-14H3. The molecule has 4 unspecified atom stereocenters. The van der Waals surface area contributed by atoms with Gasteiger partial charge in [0.25, 0.3) is 11.8 Å². The number of carbonyl (C=O) groups excluding carboxylic acids is 2. The van der Waals surface area contributed by atoms with Crippen LogP contribution in [0.25, 0.3) is 32.3 Å². The molecule has 0 saturated heterocycles. The van der Waals surface area contributed by atoms with E-state index in [-0.39, 0.29) is 46.6 Å². The second-order valence-corrected chi connectivity index (χ2v) is 24.4. The van der Waals surface area contributed by atoms with E-state index in [4.69, 9.17) is 9.47 Å². The summed E-state index contributed by atoms with van der Waals surface area (Å²) in [5.41, 5.74) is 4.19. The van der Waals surface area contributed by atoms with Crippen LogP contribution in [0.3, 0.4) is 0 Å². The van der Waals surface area contributed by atoms with Crippen molar-refractivity contribution in [3.63, 3.8) is 0 Å². The van der Waals surface area contributed by atoms with Crippen molar-refractivity contribution in [2.75, 3.05) is 26.3 Å². The quantitative estimate of drug-likeness (QED) is 0.0644. The molecule has 11 heteroatoms. The molecule has 4 aromatic rings. The summed E-state index contributed by atoms with van der Waals surface area (Å²) in [6.45, 7) is 32.6. The summed E-state index contributed by atoms with van der Waals surface area (Å²) in [6.07, 6.45) is 7.33. The van der Waals surface area contributed by atoms with Crippen molar-refractivity contribution in [2.45, 2.75) is 177 Å². The van der Waals surface area contributed by atoms with E-state index in [0.717, 1.165) is 74.4 Å². The van der Waals surface area contributed by atoms with Gasteiger partial charge in [-0.05, 0) is 178 Å². The van der Waals surface area contributed by atoms with Gasteiger partial charge < -0.3 is 35.2 Å². The Morgan fingerprint density at radius 3 is 1.23 bits per heavy atom. The van der Waals surface area contributed by atoms with Crippen LogP contribution in [0.2, 0.25) is 0 Å². The number of benzene rings is 2. The molecule has 4 heterocycles. The fourth-order valence-corrected chi connectivity index (χ4v) is 11.5. The van der Waals surface area contributed by atoms with Gasteiger partial charge in [-0.15, -0.1) is 22.7 Å². The van der Waals surface area contributed by atoms with E-state index in [9.17, 15) is 0 Å². The smallest absolute Gasteiger partial charge is 0.261 e.